The molecule has 2 aromatic rings. The number of carbonyl (C=O) groups excluding carboxylic acids is 1. The van der Waals surface area contributed by atoms with Crippen LogP contribution in [-0.4, -0.2) is 28.9 Å². The molecule has 0 spiro atoms. The van der Waals surface area contributed by atoms with Gasteiger partial charge < -0.3 is 20.5 Å². The molecule has 0 radical (unpaired) electrons. The predicted octanol–water partition coefficient (Wildman–Crippen LogP) is 6.03. The SMILES string of the molecule is CC(C)NC(=O)C1=NC(CC2(c3ccc(Cl)c(Cl)c3)CCCC2)NC(O)=C1OCc1ccccc1. The van der Waals surface area contributed by atoms with Crippen LogP contribution in [0.1, 0.15) is 57.1 Å². The van der Waals surface area contributed by atoms with Crippen LogP contribution < -0.4 is 10.6 Å². The number of benzene rings is 2. The van der Waals surface area contributed by atoms with E-state index in [0.717, 1.165) is 36.8 Å². The van der Waals surface area contributed by atoms with Gasteiger partial charge in [-0.3, -0.25) is 9.79 Å². The lowest BCUT2D eigenvalue weighted by Gasteiger charge is -2.35. The van der Waals surface area contributed by atoms with Crippen LogP contribution in [-0.2, 0) is 21.6 Å². The maximum atomic E-state index is 13.1. The summed E-state index contributed by atoms with van der Waals surface area (Å²) >= 11 is 12.5. The predicted molar refractivity (Wildman–Crippen MR) is 140 cm³/mol. The minimum Gasteiger partial charge on any atom is -0.492 e. The molecule has 0 saturated heterocycles. The van der Waals surface area contributed by atoms with Crippen molar-refractivity contribution in [2.24, 2.45) is 4.99 Å². The zero-order chi connectivity index (χ0) is 25.0. The molecule has 1 fully saturated rings. The van der Waals surface area contributed by atoms with Crippen molar-refractivity contribution in [3.05, 3.63) is 81.3 Å². The first kappa shape index (κ1) is 25.4. The van der Waals surface area contributed by atoms with Gasteiger partial charge in [-0.2, -0.15) is 0 Å². The van der Waals surface area contributed by atoms with Gasteiger partial charge in [0.1, 0.15) is 12.8 Å². The zero-order valence-corrected chi connectivity index (χ0v) is 21.5. The second-order valence-corrected chi connectivity index (χ2v) is 10.4. The van der Waals surface area contributed by atoms with Crippen molar-refractivity contribution in [3.8, 4) is 0 Å². The summed E-state index contributed by atoms with van der Waals surface area (Å²) in [7, 11) is 0. The van der Waals surface area contributed by atoms with Crippen LogP contribution in [0.3, 0.4) is 0 Å². The highest BCUT2D eigenvalue weighted by molar-refractivity contribution is 6.45. The minimum absolute atomic E-state index is 0.0539. The van der Waals surface area contributed by atoms with E-state index in [-0.39, 0.29) is 41.3 Å². The molecule has 0 bridgehead atoms. The van der Waals surface area contributed by atoms with E-state index in [1.807, 2.05) is 62.4 Å². The van der Waals surface area contributed by atoms with E-state index in [9.17, 15) is 9.90 Å². The molecule has 0 aromatic heterocycles. The fourth-order valence-electron chi connectivity index (χ4n) is 4.90. The normalized spacial score (nSPS) is 19.3. The first-order valence-corrected chi connectivity index (χ1v) is 12.7. The number of hydrogen-bond donors (Lipinski definition) is 3. The van der Waals surface area contributed by atoms with Gasteiger partial charge in [-0.15, -0.1) is 0 Å². The molecule has 1 amide bonds. The van der Waals surface area contributed by atoms with Gasteiger partial charge in [0.15, 0.2) is 5.71 Å². The second kappa shape index (κ2) is 10.9. The number of nitrogens with one attached hydrogen (secondary N) is 2. The van der Waals surface area contributed by atoms with Gasteiger partial charge in [0.2, 0.25) is 11.6 Å². The van der Waals surface area contributed by atoms with Crippen molar-refractivity contribution < 1.29 is 14.6 Å². The summed E-state index contributed by atoms with van der Waals surface area (Å²) in [6.07, 6.45) is 4.20. The summed E-state index contributed by atoms with van der Waals surface area (Å²) < 4.78 is 5.90. The Morgan fingerprint density at radius 2 is 1.89 bits per heavy atom. The average molecular weight is 516 g/mol. The van der Waals surface area contributed by atoms with Crippen molar-refractivity contribution in [1.29, 1.82) is 0 Å². The van der Waals surface area contributed by atoms with E-state index >= 15 is 0 Å². The Balaban J connectivity index is 1.61. The number of nitrogens with zero attached hydrogens (tertiary/aromatic N) is 1. The third-order valence-electron chi connectivity index (χ3n) is 6.56. The number of amides is 1. The third-order valence-corrected chi connectivity index (χ3v) is 7.30. The molecular formula is C27H31Cl2N3O3. The van der Waals surface area contributed by atoms with E-state index in [1.54, 1.807) is 0 Å². The average Bonchev–Trinajstić information content (AvgIpc) is 3.29. The largest absolute Gasteiger partial charge is 0.492 e. The van der Waals surface area contributed by atoms with E-state index in [0.29, 0.717) is 16.5 Å². The van der Waals surface area contributed by atoms with Gasteiger partial charge in [0.25, 0.3) is 5.91 Å². The Morgan fingerprint density at radius 1 is 1.17 bits per heavy atom. The number of aliphatic hydroxyl groups excluding tert-OH is 1. The van der Waals surface area contributed by atoms with Gasteiger partial charge in [-0.1, -0.05) is 72.4 Å². The van der Waals surface area contributed by atoms with E-state index in [4.69, 9.17) is 32.9 Å². The molecule has 186 valence electrons. The third kappa shape index (κ3) is 5.93. The fourth-order valence-corrected chi connectivity index (χ4v) is 5.19. The molecule has 1 atom stereocenters. The first-order chi connectivity index (χ1) is 16.8. The molecule has 2 aliphatic rings. The van der Waals surface area contributed by atoms with Crippen molar-refractivity contribution in [1.82, 2.24) is 10.6 Å². The van der Waals surface area contributed by atoms with Gasteiger partial charge in [0.05, 0.1) is 10.0 Å². The summed E-state index contributed by atoms with van der Waals surface area (Å²) in [6, 6.07) is 15.3. The van der Waals surface area contributed by atoms with Crippen LogP contribution in [0.4, 0.5) is 0 Å². The number of rotatable bonds is 8. The number of aliphatic hydroxyl groups is 1. The van der Waals surface area contributed by atoms with Crippen LogP contribution >= 0.6 is 23.2 Å². The minimum atomic E-state index is -0.500. The number of ether oxygens (including phenoxy) is 1. The van der Waals surface area contributed by atoms with Gasteiger partial charge >= 0.3 is 0 Å². The summed E-state index contributed by atoms with van der Waals surface area (Å²) in [5.41, 5.74) is 1.93. The number of hydrogen-bond acceptors (Lipinski definition) is 5. The van der Waals surface area contributed by atoms with Crippen LogP contribution in [0.5, 0.6) is 0 Å². The molecule has 2 aromatic carbocycles. The number of aliphatic imine (C=N–C) groups is 1. The van der Waals surface area contributed by atoms with E-state index < -0.39 is 6.17 Å². The maximum Gasteiger partial charge on any atom is 0.273 e. The van der Waals surface area contributed by atoms with E-state index in [1.165, 1.54) is 0 Å². The lowest BCUT2D eigenvalue weighted by Crippen LogP contribution is -2.45. The maximum absolute atomic E-state index is 13.1. The molecule has 1 saturated carbocycles. The van der Waals surface area contributed by atoms with E-state index in [2.05, 4.69) is 10.6 Å². The summed E-state index contributed by atoms with van der Waals surface area (Å²) in [5, 5.41) is 17.9. The smallest absolute Gasteiger partial charge is 0.273 e. The van der Waals surface area contributed by atoms with Gasteiger partial charge in [-0.05, 0) is 61.8 Å². The van der Waals surface area contributed by atoms with Crippen molar-refractivity contribution in [2.75, 3.05) is 0 Å². The Labute approximate surface area is 216 Å². The Hall–Kier alpha value is -2.70. The molecular weight excluding hydrogens is 485 g/mol. The Morgan fingerprint density at radius 3 is 2.54 bits per heavy atom. The lowest BCUT2D eigenvalue weighted by atomic mass is 9.75. The Kier molecular flexibility index (Phi) is 7.92. The Bertz CT molecular complexity index is 1130. The molecule has 4 rings (SSSR count). The number of carbonyl (C=O) groups is 1. The highest BCUT2D eigenvalue weighted by Crippen LogP contribution is 2.46. The summed E-state index contributed by atoms with van der Waals surface area (Å²) in [4.78, 5) is 17.8. The monoisotopic (exact) mass is 515 g/mol. The summed E-state index contributed by atoms with van der Waals surface area (Å²) in [6.45, 7) is 3.96. The van der Waals surface area contributed by atoms with Crippen LogP contribution in [0.25, 0.3) is 0 Å². The molecule has 1 aliphatic carbocycles. The quantitative estimate of drug-likeness (QED) is 0.400. The molecule has 35 heavy (non-hydrogen) atoms. The molecule has 3 N–H and O–H groups in total. The highest BCUT2D eigenvalue weighted by atomic mass is 35.5. The number of halogens is 2. The molecule has 1 heterocycles. The van der Waals surface area contributed by atoms with Gasteiger partial charge in [0, 0.05) is 6.04 Å². The topological polar surface area (TPSA) is 83.0 Å². The molecule has 1 unspecified atom stereocenters. The van der Waals surface area contributed by atoms with Crippen molar-refractivity contribution in [3.63, 3.8) is 0 Å². The zero-order valence-electron chi connectivity index (χ0n) is 20.0. The fraction of sp³-hybridized carbons (Fsp3) is 0.407. The second-order valence-electron chi connectivity index (χ2n) is 9.54. The van der Waals surface area contributed by atoms with Crippen molar-refractivity contribution >= 4 is 34.8 Å². The van der Waals surface area contributed by atoms with Gasteiger partial charge in [-0.25, -0.2) is 0 Å². The standard InChI is InChI=1S/C27H31Cl2N3O3/c1-17(2)30-25(33)23-24(35-16-18-8-4-3-5-9-18)26(34)32-22(31-23)15-27(12-6-7-13-27)19-10-11-20(28)21(29)14-19/h3-5,8-11,14,17,22,32,34H,6-7,12-13,15-16H2,1-2H3,(H,30,33). The van der Waals surface area contributed by atoms with Crippen molar-refractivity contribution in [2.45, 2.75) is 70.2 Å². The first-order valence-electron chi connectivity index (χ1n) is 12.0. The lowest BCUT2D eigenvalue weighted by molar-refractivity contribution is -0.115. The molecule has 1 aliphatic heterocycles. The summed E-state index contributed by atoms with van der Waals surface area (Å²) in [5.74, 6) is -0.508. The molecule has 6 nitrogen and oxygen atoms in total. The van der Waals surface area contributed by atoms with Crippen LogP contribution in [0.2, 0.25) is 10.0 Å². The van der Waals surface area contributed by atoms with Crippen LogP contribution in [0, 0.1) is 0 Å². The molecule has 8 heteroatoms. The highest BCUT2D eigenvalue weighted by Gasteiger charge is 2.40. The van der Waals surface area contributed by atoms with Crippen LogP contribution in [0.15, 0.2) is 65.2 Å².